The molecule has 1 saturated carbocycles. The topological polar surface area (TPSA) is 61.4 Å². The van der Waals surface area contributed by atoms with Gasteiger partial charge in [0, 0.05) is 29.8 Å². The molecule has 0 aromatic heterocycles. The van der Waals surface area contributed by atoms with Gasteiger partial charge in [-0.15, -0.1) is 0 Å². The van der Waals surface area contributed by atoms with Crippen LogP contribution in [0.3, 0.4) is 0 Å². The highest BCUT2D eigenvalue weighted by Gasteiger charge is 2.33. The fourth-order valence-corrected chi connectivity index (χ4v) is 4.04. The Labute approximate surface area is 150 Å². The van der Waals surface area contributed by atoms with Crippen LogP contribution in [0.15, 0.2) is 18.2 Å². The number of carbonyl (C=O) groups is 2. The monoisotopic (exact) mass is 343 g/mol. The first-order valence-electron chi connectivity index (χ1n) is 9.39. The third-order valence-electron chi connectivity index (χ3n) is 5.82. The average Bonchev–Trinajstić information content (AvgIpc) is 2.86. The minimum atomic E-state index is -0.0230. The van der Waals surface area contributed by atoms with Crippen LogP contribution in [0.2, 0.25) is 0 Å². The second kappa shape index (κ2) is 7.56. The molecular weight excluding hydrogens is 314 g/mol. The van der Waals surface area contributed by atoms with Crippen LogP contribution in [0, 0.1) is 0 Å². The van der Waals surface area contributed by atoms with Gasteiger partial charge in [0.15, 0.2) is 0 Å². The molecule has 0 atom stereocenters. The zero-order chi connectivity index (χ0) is 17.9. The summed E-state index contributed by atoms with van der Waals surface area (Å²) in [6.45, 7) is 0.687. The maximum Gasteiger partial charge on any atom is 0.251 e. The van der Waals surface area contributed by atoms with E-state index in [1.807, 2.05) is 12.1 Å². The Morgan fingerprint density at radius 1 is 1.16 bits per heavy atom. The Bertz CT molecular complexity index is 646. The quantitative estimate of drug-likeness (QED) is 0.826. The number of amides is 2. The van der Waals surface area contributed by atoms with Crippen molar-refractivity contribution in [1.29, 1.82) is 0 Å². The average molecular weight is 343 g/mol. The number of hydrogen-bond acceptors (Lipinski definition) is 3. The lowest BCUT2D eigenvalue weighted by Gasteiger charge is -2.39. The second-order valence-corrected chi connectivity index (χ2v) is 7.64. The molecule has 5 heteroatoms. The molecule has 1 fully saturated rings. The Kier molecular flexibility index (Phi) is 5.42. The Balaban J connectivity index is 1.68. The number of aryl methyl sites for hydroxylation is 1. The van der Waals surface area contributed by atoms with Crippen LogP contribution in [-0.2, 0) is 11.2 Å². The highest BCUT2D eigenvalue weighted by molar-refractivity contribution is 5.97. The van der Waals surface area contributed by atoms with Crippen LogP contribution in [0.5, 0.6) is 0 Å². The zero-order valence-electron chi connectivity index (χ0n) is 15.4. The number of anilines is 1. The van der Waals surface area contributed by atoms with E-state index < -0.39 is 0 Å². The zero-order valence-corrected chi connectivity index (χ0v) is 15.4. The van der Waals surface area contributed by atoms with Crippen LogP contribution in [0.4, 0.5) is 5.69 Å². The summed E-state index contributed by atoms with van der Waals surface area (Å²) in [4.78, 5) is 26.4. The van der Waals surface area contributed by atoms with E-state index in [0.717, 1.165) is 24.1 Å². The normalized spacial score (nSPS) is 19.7. The summed E-state index contributed by atoms with van der Waals surface area (Å²) < 4.78 is 0. The lowest BCUT2D eigenvalue weighted by Crippen LogP contribution is -2.52. The lowest BCUT2D eigenvalue weighted by molar-refractivity contribution is -0.116. The van der Waals surface area contributed by atoms with E-state index in [-0.39, 0.29) is 17.4 Å². The van der Waals surface area contributed by atoms with Crippen molar-refractivity contribution in [1.82, 2.24) is 10.2 Å². The number of carbonyl (C=O) groups excluding carboxylic acids is 2. The molecule has 1 aliphatic heterocycles. The van der Waals surface area contributed by atoms with E-state index in [1.165, 1.54) is 25.7 Å². The van der Waals surface area contributed by atoms with Crippen molar-refractivity contribution in [2.24, 2.45) is 0 Å². The Morgan fingerprint density at radius 3 is 2.56 bits per heavy atom. The Hall–Kier alpha value is -1.88. The van der Waals surface area contributed by atoms with Gasteiger partial charge in [-0.1, -0.05) is 25.7 Å². The SMILES string of the molecule is CN(C)C1(CNC(=O)c2ccc3c(c2)CCC(=O)N3)CCCCCC1. The molecule has 0 saturated heterocycles. The predicted molar refractivity (Wildman–Crippen MR) is 99.8 cm³/mol. The summed E-state index contributed by atoms with van der Waals surface area (Å²) >= 11 is 0. The van der Waals surface area contributed by atoms with Crippen molar-refractivity contribution < 1.29 is 9.59 Å². The largest absolute Gasteiger partial charge is 0.350 e. The molecule has 2 N–H and O–H groups in total. The van der Waals surface area contributed by atoms with Gasteiger partial charge in [0.05, 0.1) is 0 Å². The second-order valence-electron chi connectivity index (χ2n) is 7.64. The number of nitrogens with one attached hydrogen (secondary N) is 2. The highest BCUT2D eigenvalue weighted by Crippen LogP contribution is 2.31. The first-order chi connectivity index (χ1) is 12.0. The molecule has 1 heterocycles. The number of rotatable bonds is 4. The minimum absolute atomic E-state index is 0.0230. The minimum Gasteiger partial charge on any atom is -0.350 e. The van der Waals surface area contributed by atoms with Crippen molar-refractivity contribution in [2.45, 2.75) is 56.9 Å². The van der Waals surface area contributed by atoms with Crippen molar-refractivity contribution in [3.05, 3.63) is 29.3 Å². The van der Waals surface area contributed by atoms with E-state index >= 15 is 0 Å². The summed E-state index contributed by atoms with van der Waals surface area (Å²) in [5.41, 5.74) is 2.62. The summed E-state index contributed by atoms with van der Waals surface area (Å²) in [6.07, 6.45) is 8.50. The molecule has 1 aliphatic carbocycles. The van der Waals surface area contributed by atoms with Gasteiger partial charge in [-0.3, -0.25) is 9.59 Å². The molecule has 2 amide bonds. The van der Waals surface area contributed by atoms with E-state index in [1.54, 1.807) is 6.07 Å². The van der Waals surface area contributed by atoms with E-state index in [0.29, 0.717) is 24.9 Å². The molecule has 1 aromatic carbocycles. The molecule has 0 spiro atoms. The number of benzene rings is 1. The molecule has 25 heavy (non-hydrogen) atoms. The van der Waals surface area contributed by atoms with E-state index in [4.69, 9.17) is 0 Å². The van der Waals surface area contributed by atoms with Crippen LogP contribution in [0.25, 0.3) is 0 Å². The van der Waals surface area contributed by atoms with Gasteiger partial charge in [-0.2, -0.15) is 0 Å². The highest BCUT2D eigenvalue weighted by atomic mass is 16.2. The Morgan fingerprint density at radius 2 is 1.88 bits per heavy atom. The van der Waals surface area contributed by atoms with Crippen molar-refractivity contribution in [3.63, 3.8) is 0 Å². The molecule has 2 aliphatic rings. The molecule has 0 unspecified atom stereocenters. The fourth-order valence-electron chi connectivity index (χ4n) is 4.04. The first kappa shape index (κ1) is 17.9. The number of likely N-dealkylation sites (N-methyl/N-ethyl adjacent to an activating group) is 1. The molecule has 3 rings (SSSR count). The van der Waals surface area contributed by atoms with Crippen molar-refractivity contribution >= 4 is 17.5 Å². The number of nitrogens with zero attached hydrogens (tertiary/aromatic N) is 1. The fraction of sp³-hybridized carbons (Fsp3) is 0.600. The number of fused-ring (bicyclic) bond motifs is 1. The van der Waals surface area contributed by atoms with Crippen LogP contribution < -0.4 is 10.6 Å². The maximum atomic E-state index is 12.7. The summed E-state index contributed by atoms with van der Waals surface area (Å²) in [6, 6.07) is 5.56. The van der Waals surface area contributed by atoms with Crippen molar-refractivity contribution in [2.75, 3.05) is 26.0 Å². The first-order valence-corrected chi connectivity index (χ1v) is 9.39. The van der Waals surface area contributed by atoms with Crippen LogP contribution in [-0.4, -0.2) is 42.9 Å². The molecule has 5 nitrogen and oxygen atoms in total. The third-order valence-corrected chi connectivity index (χ3v) is 5.82. The predicted octanol–water partition coefficient (Wildman–Crippen LogP) is 2.96. The van der Waals surface area contributed by atoms with Crippen molar-refractivity contribution in [3.8, 4) is 0 Å². The van der Waals surface area contributed by atoms with Gasteiger partial charge in [0.1, 0.15) is 0 Å². The van der Waals surface area contributed by atoms with Gasteiger partial charge >= 0.3 is 0 Å². The standard InChI is InChI=1S/C20H29N3O2/c1-23(2)20(11-5-3-4-6-12-20)14-21-19(25)16-7-9-17-15(13-16)8-10-18(24)22-17/h7,9,13H,3-6,8,10-12,14H2,1-2H3,(H,21,25)(H,22,24). The van der Waals surface area contributed by atoms with Gasteiger partial charge in [-0.25, -0.2) is 0 Å². The summed E-state index contributed by atoms with van der Waals surface area (Å²) in [5.74, 6) is 0.0242. The molecule has 0 radical (unpaired) electrons. The smallest absolute Gasteiger partial charge is 0.251 e. The van der Waals surface area contributed by atoms with Crippen LogP contribution in [0.1, 0.15) is 60.9 Å². The molecule has 0 bridgehead atoms. The molecule has 1 aromatic rings. The van der Waals surface area contributed by atoms with Crippen LogP contribution >= 0.6 is 0 Å². The van der Waals surface area contributed by atoms with Gasteiger partial charge in [0.2, 0.25) is 5.91 Å². The van der Waals surface area contributed by atoms with E-state index in [2.05, 4.69) is 29.6 Å². The summed E-state index contributed by atoms with van der Waals surface area (Å²) in [7, 11) is 4.25. The molecule has 136 valence electrons. The third kappa shape index (κ3) is 4.03. The summed E-state index contributed by atoms with van der Waals surface area (Å²) in [5, 5.41) is 6.03. The lowest BCUT2D eigenvalue weighted by atomic mass is 9.88. The van der Waals surface area contributed by atoms with E-state index in [9.17, 15) is 9.59 Å². The van der Waals surface area contributed by atoms with Gasteiger partial charge < -0.3 is 15.5 Å². The maximum absolute atomic E-state index is 12.7. The molecular formula is C20H29N3O2. The number of hydrogen-bond donors (Lipinski definition) is 2. The van der Waals surface area contributed by atoms with Gasteiger partial charge in [0.25, 0.3) is 5.91 Å². The van der Waals surface area contributed by atoms with Gasteiger partial charge in [-0.05, 0) is 57.1 Å².